The van der Waals surface area contributed by atoms with Gasteiger partial charge in [-0.05, 0) is 6.42 Å². The third-order valence-electron chi connectivity index (χ3n) is 0.985. The molecule has 0 fully saturated rings. The van der Waals surface area contributed by atoms with Crippen molar-refractivity contribution in [2.75, 3.05) is 13.7 Å². The van der Waals surface area contributed by atoms with Crippen molar-refractivity contribution in [2.24, 2.45) is 0 Å². The standard InChI is InChI=1S/C6H13NO2.C3H8.C2H6/c1-3-4-5-7-6(8)9-2;1-3-2;1-2/h3-5H2,1-2H3,(H,7,8);3H2,1-2H3;1-2H3. The van der Waals surface area contributed by atoms with E-state index in [1.807, 2.05) is 13.8 Å². The van der Waals surface area contributed by atoms with E-state index >= 15 is 0 Å². The van der Waals surface area contributed by atoms with Gasteiger partial charge in [0.15, 0.2) is 0 Å². The summed E-state index contributed by atoms with van der Waals surface area (Å²) < 4.78 is 4.35. The number of nitrogens with one attached hydrogen (secondary N) is 1. The average Bonchev–Trinajstić information content (AvgIpc) is 2.22. The van der Waals surface area contributed by atoms with Gasteiger partial charge in [0.05, 0.1) is 7.11 Å². The van der Waals surface area contributed by atoms with E-state index in [4.69, 9.17) is 0 Å². The fraction of sp³-hybridized carbons (Fsp3) is 0.909. The summed E-state index contributed by atoms with van der Waals surface area (Å²) in [4.78, 5) is 10.4. The molecule has 0 rings (SSSR count). The second-order valence-corrected chi connectivity index (χ2v) is 2.48. The number of unbranched alkanes of at least 4 members (excludes halogenated alkanes) is 1. The lowest BCUT2D eigenvalue weighted by molar-refractivity contribution is 0.171. The third-order valence-corrected chi connectivity index (χ3v) is 0.985. The van der Waals surface area contributed by atoms with E-state index in [1.165, 1.54) is 13.5 Å². The van der Waals surface area contributed by atoms with Crippen molar-refractivity contribution in [2.45, 2.75) is 53.9 Å². The molecular formula is C11H27NO2. The summed E-state index contributed by atoms with van der Waals surface area (Å²) in [5, 5.41) is 2.57. The molecule has 14 heavy (non-hydrogen) atoms. The molecule has 0 unspecified atom stereocenters. The Morgan fingerprint density at radius 2 is 1.64 bits per heavy atom. The first-order valence-corrected chi connectivity index (χ1v) is 5.54. The number of hydrogen-bond donors (Lipinski definition) is 1. The minimum atomic E-state index is -0.344. The third kappa shape index (κ3) is 30.2. The molecule has 0 aliphatic carbocycles. The molecule has 0 atom stereocenters. The van der Waals surface area contributed by atoms with Gasteiger partial charge in [-0.15, -0.1) is 0 Å². The lowest BCUT2D eigenvalue weighted by Gasteiger charge is -1.99. The van der Waals surface area contributed by atoms with E-state index in [9.17, 15) is 4.79 Å². The van der Waals surface area contributed by atoms with Crippen LogP contribution >= 0.6 is 0 Å². The van der Waals surface area contributed by atoms with Crippen molar-refractivity contribution in [1.82, 2.24) is 5.32 Å². The molecule has 0 saturated heterocycles. The molecule has 0 bridgehead atoms. The van der Waals surface area contributed by atoms with Crippen molar-refractivity contribution in [1.29, 1.82) is 0 Å². The minimum Gasteiger partial charge on any atom is -0.453 e. The molecule has 0 aromatic carbocycles. The van der Waals surface area contributed by atoms with Gasteiger partial charge >= 0.3 is 6.09 Å². The topological polar surface area (TPSA) is 38.3 Å². The Kier molecular flexibility index (Phi) is 30.8. The Balaban J connectivity index is -0.000000205. The van der Waals surface area contributed by atoms with Gasteiger partial charge in [0.25, 0.3) is 0 Å². The molecule has 88 valence electrons. The van der Waals surface area contributed by atoms with E-state index in [0.29, 0.717) is 6.54 Å². The first-order valence-electron chi connectivity index (χ1n) is 5.54. The van der Waals surface area contributed by atoms with Crippen LogP contribution in [0.1, 0.15) is 53.9 Å². The Hall–Kier alpha value is -0.730. The smallest absolute Gasteiger partial charge is 0.406 e. The highest BCUT2D eigenvalue weighted by Gasteiger charge is 1.93. The number of carbonyl (C=O) groups is 1. The second kappa shape index (κ2) is 22.8. The normalized spacial score (nSPS) is 7.29. The molecule has 0 saturated carbocycles. The fourth-order valence-corrected chi connectivity index (χ4v) is 0.439. The van der Waals surface area contributed by atoms with E-state index in [-0.39, 0.29) is 6.09 Å². The summed E-state index contributed by atoms with van der Waals surface area (Å²) in [5.41, 5.74) is 0. The lowest BCUT2D eigenvalue weighted by Crippen LogP contribution is -2.23. The zero-order valence-electron chi connectivity index (χ0n) is 10.6. The highest BCUT2D eigenvalue weighted by Crippen LogP contribution is 1.82. The quantitative estimate of drug-likeness (QED) is 0.715. The van der Waals surface area contributed by atoms with Crippen LogP contribution in [0.3, 0.4) is 0 Å². The van der Waals surface area contributed by atoms with Gasteiger partial charge in [0, 0.05) is 6.54 Å². The zero-order valence-corrected chi connectivity index (χ0v) is 10.6. The molecule has 1 N–H and O–H groups in total. The Labute approximate surface area is 89.2 Å². The maximum Gasteiger partial charge on any atom is 0.406 e. The molecule has 0 heterocycles. The van der Waals surface area contributed by atoms with Crippen molar-refractivity contribution in [3.8, 4) is 0 Å². The highest BCUT2D eigenvalue weighted by atomic mass is 16.5. The summed E-state index contributed by atoms with van der Waals surface area (Å²) >= 11 is 0. The fourth-order valence-electron chi connectivity index (χ4n) is 0.439. The van der Waals surface area contributed by atoms with Crippen molar-refractivity contribution < 1.29 is 9.53 Å². The maximum absolute atomic E-state index is 10.4. The summed E-state index contributed by atoms with van der Waals surface area (Å²) in [6.07, 6.45) is 3.00. The van der Waals surface area contributed by atoms with Crippen molar-refractivity contribution in [3.63, 3.8) is 0 Å². The number of alkyl carbamates (subject to hydrolysis) is 1. The summed E-state index contributed by atoms with van der Waals surface area (Å²) in [5.74, 6) is 0. The van der Waals surface area contributed by atoms with E-state index in [2.05, 4.69) is 30.8 Å². The number of amides is 1. The Morgan fingerprint density at radius 1 is 1.21 bits per heavy atom. The zero-order chi connectivity index (χ0) is 11.8. The monoisotopic (exact) mass is 205 g/mol. The highest BCUT2D eigenvalue weighted by molar-refractivity contribution is 5.66. The number of carbonyl (C=O) groups excluding carboxylic acids is 1. The predicted molar refractivity (Wildman–Crippen MR) is 62.6 cm³/mol. The molecular weight excluding hydrogens is 178 g/mol. The van der Waals surface area contributed by atoms with Crippen LogP contribution in [-0.2, 0) is 4.74 Å². The van der Waals surface area contributed by atoms with Gasteiger partial charge in [-0.3, -0.25) is 0 Å². The average molecular weight is 205 g/mol. The van der Waals surface area contributed by atoms with E-state index in [1.54, 1.807) is 0 Å². The van der Waals surface area contributed by atoms with Crippen LogP contribution in [0, 0.1) is 0 Å². The first kappa shape index (κ1) is 18.9. The number of ether oxygens (including phenoxy) is 1. The SMILES string of the molecule is CC.CCC.CCCCNC(=O)OC. The van der Waals surface area contributed by atoms with Crippen LogP contribution in [0.25, 0.3) is 0 Å². The van der Waals surface area contributed by atoms with Gasteiger partial charge in [-0.25, -0.2) is 4.79 Å². The predicted octanol–water partition coefficient (Wildman–Crippen LogP) is 3.59. The van der Waals surface area contributed by atoms with E-state index < -0.39 is 0 Å². The molecule has 0 spiro atoms. The van der Waals surface area contributed by atoms with Crippen LogP contribution in [-0.4, -0.2) is 19.7 Å². The van der Waals surface area contributed by atoms with Gasteiger partial charge in [0.2, 0.25) is 0 Å². The van der Waals surface area contributed by atoms with Crippen LogP contribution in [0.2, 0.25) is 0 Å². The summed E-state index contributed by atoms with van der Waals surface area (Å²) in [7, 11) is 1.36. The molecule has 1 amide bonds. The molecule has 0 radical (unpaired) electrons. The van der Waals surface area contributed by atoms with Crippen molar-refractivity contribution in [3.05, 3.63) is 0 Å². The van der Waals surface area contributed by atoms with Gasteiger partial charge < -0.3 is 10.1 Å². The molecule has 3 heteroatoms. The Bertz CT molecular complexity index is 95.3. The molecule has 0 aromatic heterocycles. The minimum absolute atomic E-state index is 0.344. The molecule has 0 aliphatic heterocycles. The summed E-state index contributed by atoms with van der Waals surface area (Å²) in [6, 6.07) is 0. The van der Waals surface area contributed by atoms with Gasteiger partial charge in [-0.2, -0.15) is 0 Å². The Morgan fingerprint density at radius 3 is 1.93 bits per heavy atom. The summed E-state index contributed by atoms with van der Waals surface area (Å²) in [6.45, 7) is 11.0. The van der Waals surface area contributed by atoms with Gasteiger partial charge in [0.1, 0.15) is 0 Å². The van der Waals surface area contributed by atoms with Crippen LogP contribution < -0.4 is 5.32 Å². The number of methoxy groups -OCH3 is 1. The largest absolute Gasteiger partial charge is 0.453 e. The molecule has 0 aliphatic rings. The molecule has 3 nitrogen and oxygen atoms in total. The second-order valence-electron chi connectivity index (χ2n) is 2.48. The van der Waals surface area contributed by atoms with Crippen LogP contribution in [0.15, 0.2) is 0 Å². The van der Waals surface area contributed by atoms with E-state index in [0.717, 1.165) is 12.8 Å². The van der Waals surface area contributed by atoms with Crippen molar-refractivity contribution >= 4 is 6.09 Å². The first-order chi connectivity index (χ1) is 6.72. The lowest BCUT2D eigenvalue weighted by atomic mass is 10.3. The molecule has 0 aromatic rings. The van der Waals surface area contributed by atoms with Gasteiger partial charge in [-0.1, -0.05) is 47.5 Å². The number of rotatable bonds is 3. The van der Waals surface area contributed by atoms with Crippen LogP contribution in [0.5, 0.6) is 0 Å². The number of hydrogen-bond acceptors (Lipinski definition) is 2. The van der Waals surface area contributed by atoms with Crippen LogP contribution in [0.4, 0.5) is 4.79 Å². The maximum atomic E-state index is 10.4.